The molecule has 0 aromatic heterocycles. The molecule has 0 aromatic rings. The third-order valence-corrected chi connectivity index (χ3v) is 4.00. The van der Waals surface area contributed by atoms with Gasteiger partial charge in [0.2, 0.25) is 5.91 Å². The Hall–Kier alpha value is -0.790. The van der Waals surface area contributed by atoms with Crippen LogP contribution in [0.15, 0.2) is 12.2 Å². The number of hydrogen-bond acceptors (Lipinski definition) is 1. The largest absolute Gasteiger partial charge is 0.352 e. The fraction of sp³-hybridized carbons (Fsp3) is 0.800. The first-order chi connectivity index (χ1) is 8.02. The Bertz CT molecular complexity index is 264. The van der Waals surface area contributed by atoms with Crippen molar-refractivity contribution < 1.29 is 4.79 Å². The first-order valence-electron chi connectivity index (χ1n) is 6.96. The van der Waals surface area contributed by atoms with E-state index >= 15 is 0 Å². The molecule has 2 nitrogen and oxygen atoms in total. The van der Waals surface area contributed by atoms with Crippen molar-refractivity contribution in [2.24, 2.45) is 17.8 Å². The van der Waals surface area contributed by atoms with E-state index in [4.69, 9.17) is 0 Å². The van der Waals surface area contributed by atoms with E-state index in [1.54, 1.807) is 6.92 Å². The SMILES string of the molecule is C=C(C)C(=O)NCC(C(C)C)C1CCCCC1. The van der Waals surface area contributed by atoms with Gasteiger partial charge in [0.15, 0.2) is 0 Å². The summed E-state index contributed by atoms with van der Waals surface area (Å²) >= 11 is 0. The average Bonchev–Trinajstić information content (AvgIpc) is 2.29. The molecule has 1 aliphatic carbocycles. The molecule has 0 aliphatic heterocycles. The fourth-order valence-corrected chi connectivity index (χ4v) is 2.87. The van der Waals surface area contributed by atoms with Crippen molar-refractivity contribution in [1.82, 2.24) is 5.32 Å². The van der Waals surface area contributed by atoms with Gasteiger partial charge in [0, 0.05) is 12.1 Å². The molecule has 1 unspecified atom stereocenters. The van der Waals surface area contributed by atoms with Crippen LogP contribution in [0.2, 0.25) is 0 Å². The molecule has 0 heterocycles. The van der Waals surface area contributed by atoms with E-state index in [1.165, 1.54) is 32.1 Å². The van der Waals surface area contributed by atoms with Crippen LogP contribution >= 0.6 is 0 Å². The molecule has 0 radical (unpaired) electrons. The summed E-state index contributed by atoms with van der Waals surface area (Å²) in [7, 11) is 0. The molecule has 1 N–H and O–H groups in total. The zero-order chi connectivity index (χ0) is 12.8. The minimum atomic E-state index is 0.00598. The Morgan fingerprint density at radius 1 is 1.29 bits per heavy atom. The zero-order valence-electron chi connectivity index (χ0n) is 11.6. The van der Waals surface area contributed by atoms with Crippen LogP contribution in [0, 0.1) is 17.8 Å². The van der Waals surface area contributed by atoms with Crippen molar-refractivity contribution >= 4 is 5.91 Å². The highest BCUT2D eigenvalue weighted by atomic mass is 16.1. The van der Waals surface area contributed by atoms with Gasteiger partial charge in [0.25, 0.3) is 0 Å². The minimum Gasteiger partial charge on any atom is -0.352 e. The summed E-state index contributed by atoms with van der Waals surface area (Å²) in [5.41, 5.74) is 0.608. The van der Waals surface area contributed by atoms with E-state index in [2.05, 4.69) is 25.7 Å². The normalized spacial score (nSPS) is 19.1. The van der Waals surface area contributed by atoms with Gasteiger partial charge in [-0.05, 0) is 24.7 Å². The molecular formula is C15H27NO. The lowest BCUT2D eigenvalue weighted by atomic mass is 9.75. The Morgan fingerprint density at radius 2 is 1.88 bits per heavy atom. The summed E-state index contributed by atoms with van der Waals surface area (Å²) in [4.78, 5) is 11.5. The van der Waals surface area contributed by atoms with Gasteiger partial charge in [-0.3, -0.25) is 4.79 Å². The summed E-state index contributed by atoms with van der Waals surface area (Å²) < 4.78 is 0. The molecular weight excluding hydrogens is 210 g/mol. The predicted molar refractivity (Wildman–Crippen MR) is 72.7 cm³/mol. The molecule has 1 saturated carbocycles. The lowest BCUT2D eigenvalue weighted by Crippen LogP contribution is -2.36. The first kappa shape index (κ1) is 14.3. The molecule has 17 heavy (non-hydrogen) atoms. The van der Waals surface area contributed by atoms with Crippen LogP contribution in [0.5, 0.6) is 0 Å². The number of nitrogens with one attached hydrogen (secondary N) is 1. The van der Waals surface area contributed by atoms with Crippen molar-refractivity contribution in [3.05, 3.63) is 12.2 Å². The second-order valence-corrected chi connectivity index (χ2v) is 5.80. The summed E-state index contributed by atoms with van der Waals surface area (Å²) in [5, 5.41) is 3.02. The third kappa shape index (κ3) is 4.53. The van der Waals surface area contributed by atoms with Gasteiger partial charge in [-0.25, -0.2) is 0 Å². The third-order valence-electron chi connectivity index (χ3n) is 4.00. The van der Waals surface area contributed by atoms with Gasteiger partial charge < -0.3 is 5.32 Å². The molecule has 1 rings (SSSR count). The minimum absolute atomic E-state index is 0.00598. The van der Waals surface area contributed by atoms with Crippen molar-refractivity contribution in [2.75, 3.05) is 6.54 Å². The fourth-order valence-electron chi connectivity index (χ4n) is 2.87. The summed E-state index contributed by atoms with van der Waals surface area (Å²) in [6.45, 7) is 10.8. The Balaban J connectivity index is 2.48. The Kier molecular flexibility index (Phi) is 5.73. The summed E-state index contributed by atoms with van der Waals surface area (Å²) in [5.74, 6) is 2.07. The van der Waals surface area contributed by atoms with Gasteiger partial charge in [-0.2, -0.15) is 0 Å². The van der Waals surface area contributed by atoms with Crippen molar-refractivity contribution in [3.8, 4) is 0 Å². The number of hydrogen-bond donors (Lipinski definition) is 1. The van der Waals surface area contributed by atoms with E-state index in [0.717, 1.165) is 12.5 Å². The number of amides is 1. The standard InChI is InChI=1S/C15H27NO/c1-11(2)14(10-16-15(17)12(3)4)13-8-6-5-7-9-13/h11,13-14H,3,5-10H2,1-2,4H3,(H,16,17). The predicted octanol–water partition coefficient (Wildman–Crippen LogP) is 3.53. The molecule has 1 amide bonds. The first-order valence-corrected chi connectivity index (χ1v) is 6.96. The second-order valence-electron chi connectivity index (χ2n) is 5.80. The maximum absolute atomic E-state index is 11.5. The van der Waals surface area contributed by atoms with Crippen LogP contribution in [0.3, 0.4) is 0 Å². The van der Waals surface area contributed by atoms with E-state index in [1.807, 2.05) is 0 Å². The molecule has 0 bridgehead atoms. The molecule has 2 heteroatoms. The van der Waals surface area contributed by atoms with E-state index in [-0.39, 0.29) is 5.91 Å². The van der Waals surface area contributed by atoms with Gasteiger partial charge in [-0.15, -0.1) is 0 Å². The number of carbonyl (C=O) groups is 1. The molecule has 0 spiro atoms. The maximum Gasteiger partial charge on any atom is 0.246 e. The van der Waals surface area contributed by atoms with Crippen molar-refractivity contribution in [2.45, 2.75) is 52.9 Å². The van der Waals surface area contributed by atoms with Gasteiger partial charge in [-0.1, -0.05) is 52.5 Å². The highest BCUT2D eigenvalue weighted by molar-refractivity contribution is 5.92. The number of carbonyl (C=O) groups excluding carboxylic acids is 1. The number of rotatable bonds is 5. The van der Waals surface area contributed by atoms with Crippen LogP contribution in [-0.2, 0) is 4.79 Å². The molecule has 0 saturated heterocycles. The quantitative estimate of drug-likeness (QED) is 0.728. The Labute approximate surface area is 106 Å². The molecule has 1 aliphatic rings. The maximum atomic E-state index is 11.5. The van der Waals surface area contributed by atoms with Crippen LogP contribution in [0.1, 0.15) is 52.9 Å². The van der Waals surface area contributed by atoms with Gasteiger partial charge in [0.1, 0.15) is 0 Å². The molecule has 1 fully saturated rings. The van der Waals surface area contributed by atoms with E-state index < -0.39 is 0 Å². The lowest BCUT2D eigenvalue weighted by molar-refractivity contribution is -0.117. The average molecular weight is 237 g/mol. The molecule has 0 aromatic carbocycles. The van der Waals surface area contributed by atoms with Crippen molar-refractivity contribution in [1.29, 1.82) is 0 Å². The van der Waals surface area contributed by atoms with E-state index in [0.29, 0.717) is 17.4 Å². The lowest BCUT2D eigenvalue weighted by Gasteiger charge is -2.33. The van der Waals surface area contributed by atoms with Crippen LogP contribution in [0.25, 0.3) is 0 Å². The van der Waals surface area contributed by atoms with Gasteiger partial charge in [0.05, 0.1) is 0 Å². The highest BCUT2D eigenvalue weighted by Crippen LogP contribution is 2.33. The van der Waals surface area contributed by atoms with E-state index in [9.17, 15) is 4.79 Å². The van der Waals surface area contributed by atoms with Crippen LogP contribution in [0.4, 0.5) is 0 Å². The monoisotopic (exact) mass is 237 g/mol. The molecule has 98 valence electrons. The van der Waals surface area contributed by atoms with Crippen LogP contribution in [-0.4, -0.2) is 12.5 Å². The smallest absolute Gasteiger partial charge is 0.246 e. The van der Waals surface area contributed by atoms with Gasteiger partial charge >= 0.3 is 0 Å². The summed E-state index contributed by atoms with van der Waals surface area (Å²) in [6.07, 6.45) is 6.79. The molecule has 1 atom stereocenters. The Morgan fingerprint density at radius 3 is 2.35 bits per heavy atom. The van der Waals surface area contributed by atoms with Crippen molar-refractivity contribution in [3.63, 3.8) is 0 Å². The second kappa shape index (κ2) is 6.83. The topological polar surface area (TPSA) is 29.1 Å². The summed E-state index contributed by atoms with van der Waals surface area (Å²) in [6, 6.07) is 0. The van der Waals surface area contributed by atoms with Crippen LogP contribution < -0.4 is 5.32 Å². The highest BCUT2D eigenvalue weighted by Gasteiger charge is 2.26. The zero-order valence-corrected chi connectivity index (χ0v) is 11.6.